The average Bonchev–Trinajstić information content (AvgIpc) is 2.51. The number of hydrogen-bond donors (Lipinski definition) is 2. The van der Waals surface area contributed by atoms with Crippen molar-refractivity contribution in [3.63, 3.8) is 0 Å². The van der Waals surface area contributed by atoms with E-state index in [1.54, 1.807) is 18.8 Å². The van der Waals surface area contributed by atoms with Crippen molar-refractivity contribution in [1.82, 2.24) is 10.6 Å². The third kappa shape index (κ3) is 8.26. The first kappa shape index (κ1) is 21.1. The summed E-state index contributed by atoms with van der Waals surface area (Å²) in [7, 11) is -1.25. The number of aliphatic imine (C=N–C) groups is 1. The molecule has 0 bridgehead atoms. The predicted molar refractivity (Wildman–Crippen MR) is 106 cm³/mol. The molecule has 0 radical (unpaired) electrons. The first-order valence-electron chi connectivity index (χ1n) is 7.68. The van der Waals surface area contributed by atoms with Gasteiger partial charge in [0.15, 0.2) is 5.96 Å². The summed E-state index contributed by atoms with van der Waals surface area (Å²) in [6, 6.07) is 7.85. The molecule has 24 heavy (non-hydrogen) atoms. The van der Waals surface area contributed by atoms with Crippen LogP contribution in [0, 0.1) is 0 Å². The Labute approximate surface area is 154 Å². The second kappa shape index (κ2) is 10.2. The summed E-state index contributed by atoms with van der Waals surface area (Å²) in [6.45, 7) is 2.64. The Morgan fingerprint density at radius 1 is 1.42 bits per heavy atom. The van der Waals surface area contributed by atoms with Crippen molar-refractivity contribution < 1.29 is 8.42 Å². The van der Waals surface area contributed by atoms with E-state index in [0.717, 1.165) is 10.6 Å². The number of guanidine groups is 1. The molecule has 0 heterocycles. The molecule has 0 spiro atoms. The molecule has 2 unspecified atom stereocenters. The maximum atomic E-state index is 11.2. The Hall–Kier alpha value is -0.920. The third-order valence-electron chi connectivity index (χ3n) is 3.49. The molecule has 2 atom stereocenters. The molecule has 0 aliphatic carbocycles. The van der Waals surface area contributed by atoms with E-state index in [0.29, 0.717) is 18.9 Å². The average molecular weight is 392 g/mol. The fourth-order valence-electron chi connectivity index (χ4n) is 2.12. The van der Waals surface area contributed by atoms with Crippen LogP contribution in [0.2, 0.25) is 5.02 Å². The van der Waals surface area contributed by atoms with Crippen LogP contribution in [-0.2, 0) is 9.84 Å². The van der Waals surface area contributed by atoms with E-state index in [2.05, 4.69) is 27.9 Å². The van der Waals surface area contributed by atoms with Gasteiger partial charge in [0.2, 0.25) is 0 Å². The lowest BCUT2D eigenvalue weighted by atomic mass is 10.1. The summed E-state index contributed by atoms with van der Waals surface area (Å²) in [6.07, 6.45) is 3.85. The number of benzene rings is 1. The highest BCUT2D eigenvalue weighted by atomic mass is 35.5. The van der Waals surface area contributed by atoms with Gasteiger partial charge in [0.1, 0.15) is 9.84 Å². The van der Waals surface area contributed by atoms with Gasteiger partial charge in [0.25, 0.3) is 0 Å². The van der Waals surface area contributed by atoms with Crippen LogP contribution >= 0.6 is 23.4 Å². The van der Waals surface area contributed by atoms with E-state index in [4.69, 9.17) is 11.6 Å². The Bertz CT molecular complexity index is 650. The molecule has 2 N–H and O–H groups in total. The minimum absolute atomic E-state index is 0.0184. The normalized spacial score (nSPS) is 15.0. The van der Waals surface area contributed by atoms with E-state index >= 15 is 0 Å². The van der Waals surface area contributed by atoms with Gasteiger partial charge in [-0.25, -0.2) is 8.42 Å². The van der Waals surface area contributed by atoms with Gasteiger partial charge in [-0.3, -0.25) is 4.99 Å². The van der Waals surface area contributed by atoms with Crippen LogP contribution < -0.4 is 10.6 Å². The van der Waals surface area contributed by atoms with Crippen molar-refractivity contribution in [2.24, 2.45) is 4.99 Å². The molecule has 1 aromatic rings. The summed E-state index contributed by atoms with van der Waals surface area (Å²) in [5.74, 6) is 0.825. The highest BCUT2D eigenvalue weighted by Gasteiger charge is 2.13. The Kier molecular flexibility index (Phi) is 8.94. The zero-order valence-electron chi connectivity index (χ0n) is 14.5. The SMILES string of the molecule is CN=C(NCC(SC)c1cccc(Cl)c1)NC(C)CCS(C)(=O)=O. The van der Waals surface area contributed by atoms with Gasteiger partial charge in [-0.05, 0) is 37.3 Å². The van der Waals surface area contributed by atoms with Crippen LogP contribution in [0.3, 0.4) is 0 Å². The zero-order valence-corrected chi connectivity index (χ0v) is 16.9. The molecule has 0 aliphatic rings. The molecule has 1 rings (SSSR count). The largest absolute Gasteiger partial charge is 0.355 e. The van der Waals surface area contributed by atoms with Crippen LogP contribution in [-0.4, -0.2) is 52.3 Å². The number of nitrogens with zero attached hydrogens (tertiary/aromatic N) is 1. The lowest BCUT2D eigenvalue weighted by Gasteiger charge is -2.21. The molecular formula is C16H26ClN3O2S2. The van der Waals surface area contributed by atoms with Crippen LogP contribution in [0.5, 0.6) is 0 Å². The van der Waals surface area contributed by atoms with Gasteiger partial charge in [-0.15, -0.1) is 0 Å². The van der Waals surface area contributed by atoms with Gasteiger partial charge >= 0.3 is 0 Å². The summed E-state index contributed by atoms with van der Waals surface area (Å²) in [5, 5.41) is 7.48. The van der Waals surface area contributed by atoms with Crippen LogP contribution in [0.25, 0.3) is 0 Å². The van der Waals surface area contributed by atoms with Crippen molar-refractivity contribution >= 4 is 39.2 Å². The second-order valence-electron chi connectivity index (χ2n) is 5.70. The number of nitrogens with one attached hydrogen (secondary N) is 2. The van der Waals surface area contributed by atoms with Crippen LogP contribution in [0.15, 0.2) is 29.3 Å². The van der Waals surface area contributed by atoms with E-state index in [-0.39, 0.29) is 17.0 Å². The van der Waals surface area contributed by atoms with Gasteiger partial charge in [0.05, 0.1) is 5.75 Å². The molecule has 0 saturated heterocycles. The second-order valence-corrected chi connectivity index (χ2v) is 9.43. The van der Waals surface area contributed by atoms with E-state index in [1.165, 1.54) is 6.26 Å². The molecular weight excluding hydrogens is 366 g/mol. The number of sulfone groups is 1. The number of halogens is 1. The molecule has 0 amide bonds. The van der Waals surface area contributed by atoms with Crippen molar-refractivity contribution in [2.75, 3.05) is 31.9 Å². The highest BCUT2D eigenvalue weighted by molar-refractivity contribution is 7.98. The standard InChI is InChI=1S/C16H26ClN3O2S2/c1-12(8-9-24(4,21)22)20-16(18-2)19-11-15(23-3)13-6-5-7-14(17)10-13/h5-7,10,12,15H,8-9,11H2,1-4H3,(H2,18,19,20). The summed E-state index contributed by atoms with van der Waals surface area (Å²) >= 11 is 7.79. The third-order valence-corrected chi connectivity index (χ3v) is 5.71. The first-order chi connectivity index (χ1) is 11.2. The van der Waals surface area contributed by atoms with E-state index < -0.39 is 9.84 Å². The van der Waals surface area contributed by atoms with E-state index in [1.807, 2.05) is 25.1 Å². The quantitative estimate of drug-likeness (QED) is 0.526. The number of hydrogen-bond acceptors (Lipinski definition) is 4. The number of thioether (sulfide) groups is 1. The zero-order chi connectivity index (χ0) is 18.2. The lowest BCUT2D eigenvalue weighted by molar-refractivity contribution is 0.581. The highest BCUT2D eigenvalue weighted by Crippen LogP contribution is 2.27. The molecule has 0 aromatic heterocycles. The van der Waals surface area contributed by atoms with Crippen molar-refractivity contribution in [3.8, 4) is 0 Å². The maximum absolute atomic E-state index is 11.2. The fraction of sp³-hybridized carbons (Fsp3) is 0.562. The molecule has 0 saturated carbocycles. The lowest BCUT2D eigenvalue weighted by Crippen LogP contribution is -2.43. The molecule has 8 heteroatoms. The van der Waals surface area contributed by atoms with E-state index in [9.17, 15) is 8.42 Å². The van der Waals surface area contributed by atoms with Crippen molar-refractivity contribution in [3.05, 3.63) is 34.9 Å². The van der Waals surface area contributed by atoms with Gasteiger partial charge in [-0.1, -0.05) is 23.7 Å². The minimum Gasteiger partial charge on any atom is -0.355 e. The molecule has 0 fully saturated rings. The molecule has 5 nitrogen and oxygen atoms in total. The van der Waals surface area contributed by atoms with Gasteiger partial charge < -0.3 is 10.6 Å². The summed E-state index contributed by atoms with van der Waals surface area (Å²) in [5.41, 5.74) is 1.16. The minimum atomic E-state index is -2.95. The Morgan fingerprint density at radius 3 is 2.67 bits per heavy atom. The summed E-state index contributed by atoms with van der Waals surface area (Å²) < 4.78 is 22.5. The molecule has 0 aliphatic heterocycles. The first-order valence-corrected chi connectivity index (χ1v) is 11.4. The Morgan fingerprint density at radius 2 is 2.12 bits per heavy atom. The van der Waals surface area contributed by atoms with Crippen molar-refractivity contribution in [1.29, 1.82) is 0 Å². The monoisotopic (exact) mass is 391 g/mol. The smallest absolute Gasteiger partial charge is 0.191 e. The maximum Gasteiger partial charge on any atom is 0.191 e. The predicted octanol–water partition coefficient (Wildman–Crippen LogP) is 2.73. The van der Waals surface area contributed by atoms with Crippen molar-refractivity contribution in [2.45, 2.75) is 24.6 Å². The molecule has 136 valence electrons. The fourth-order valence-corrected chi connectivity index (χ4v) is 3.77. The van der Waals surface area contributed by atoms with Gasteiger partial charge in [0, 0.05) is 36.2 Å². The topological polar surface area (TPSA) is 70.6 Å². The van der Waals surface area contributed by atoms with Crippen LogP contribution in [0.1, 0.15) is 24.2 Å². The Balaban J connectivity index is 2.55. The summed E-state index contributed by atoms with van der Waals surface area (Å²) in [4.78, 5) is 4.20. The number of rotatable bonds is 8. The van der Waals surface area contributed by atoms with Crippen LogP contribution in [0.4, 0.5) is 0 Å². The van der Waals surface area contributed by atoms with Gasteiger partial charge in [-0.2, -0.15) is 11.8 Å². The molecule has 1 aromatic carbocycles.